The van der Waals surface area contributed by atoms with Crippen LogP contribution in [0.3, 0.4) is 0 Å². The van der Waals surface area contributed by atoms with E-state index in [4.69, 9.17) is 20.8 Å². The van der Waals surface area contributed by atoms with Gasteiger partial charge in [-0.1, -0.05) is 35.9 Å². The Morgan fingerprint density at radius 1 is 1.09 bits per heavy atom. The van der Waals surface area contributed by atoms with E-state index in [2.05, 4.69) is 5.32 Å². The normalized spacial score (nSPS) is 16.8. The molecule has 2 aliphatic rings. The number of halogens is 1. The number of dihydropyridines is 1. The molecule has 1 aliphatic carbocycles. The number of carboxylic acid groups (broad SMARTS) is 1. The molecule has 0 amide bonds. The van der Waals surface area contributed by atoms with Crippen molar-refractivity contribution < 1.29 is 28.6 Å². The first-order valence-corrected chi connectivity index (χ1v) is 10.8. The monoisotopic (exact) mass is 475 g/mol. The number of rotatable bonds is 4. The number of nitrogens with one attached hydrogen (secondary N) is 1. The zero-order valence-electron chi connectivity index (χ0n) is 18.1. The molecule has 2 aromatic carbocycles. The zero-order chi connectivity index (χ0) is 24.1. The number of hydrogen-bond acceptors (Lipinski definition) is 6. The number of allylic oxidation sites excluding steroid dienone is 2. The number of aromatic carboxylic acids is 1. The average Bonchev–Trinajstić information content (AvgIpc) is 3.42. The fourth-order valence-corrected chi connectivity index (χ4v) is 4.70. The van der Waals surface area contributed by atoms with E-state index in [9.17, 15) is 19.5 Å². The molecular formula is C26H18ClNO6. The Bertz CT molecular complexity index is 1460. The van der Waals surface area contributed by atoms with Gasteiger partial charge in [-0.05, 0) is 37.3 Å². The van der Waals surface area contributed by atoms with Gasteiger partial charge in [-0.25, -0.2) is 9.59 Å². The van der Waals surface area contributed by atoms with Gasteiger partial charge in [-0.3, -0.25) is 4.79 Å². The van der Waals surface area contributed by atoms with Crippen LogP contribution in [-0.2, 0) is 9.53 Å². The van der Waals surface area contributed by atoms with Crippen molar-refractivity contribution in [3.63, 3.8) is 0 Å². The van der Waals surface area contributed by atoms with Crippen LogP contribution in [0.2, 0.25) is 5.02 Å². The van der Waals surface area contributed by atoms with Crippen molar-refractivity contribution in [3.05, 3.63) is 98.9 Å². The maximum absolute atomic E-state index is 13.4. The molecular weight excluding hydrogens is 458 g/mol. The molecule has 170 valence electrons. The highest BCUT2D eigenvalue weighted by Gasteiger charge is 2.44. The predicted octanol–water partition coefficient (Wildman–Crippen LogP) is 5.04. The molecule has 34 heavy (non-hydrogen) atoms. The molecule has 1 atom stereocenters. The van der Waals surface area contributed by atoms with Crippen LogP contribution >= 0.6 is 11.6 Å². The largest absolute Gasteiger partial charge is 0.478 e. The lowest BCUT2D eigenvalue weighted by atomic mass is 9.83. The number of methoxy groups -OCH3 is 1. The van der Waals surface area contributed by atoms with E-state index < -0.39 is 17.9 Å². The van der Waals surface area contributed by atoms with E-state index in [1.807, 2.05) is 12.1 Å². The first kappa shape index (κ1) is 21.7. The molecule has 8 heteroatoms. The number of hydrogen-bond donors (Lipinski definition) is 2. The lowest BCUT2D eigenvalue weighted by molar-refractivity contribution is -0.136. The van der Waals surface area contributed by atoms with Crippen LogP contribution in [0.25, 0.3) is 17.0 Å². The predicted molar refractivity (Wildman–Crippen MR) is 124 cm³/mol. The van der Waals surface area contributed by atoms with Crippen LogP contribution in [0.15, 0.2) is 75.9 Å². The summed E-state index contributed by atoms with van der Waals surface area (Å²) >= 11 is 5.99. The highest BCUT2D eigenvalue weighted by Crippen LogP contribution is 2.47. The van der Waals surface area contributed by atoms with E-state index in [1.165, 1.54) is 19.2 Å². The third-order valence-corrected chi connectivity index (χ3v) is 6.38. The summed E-state index contributed by atoms with van der Waals surface area (Å²) in [6.07, 6.45) is 0. The van der Waals surface area contributed by atoms with Crippen molar-refractivity contribution in [3.8, 4) is 11.3 Å². The fraction of sp³-hybridized carbons (Fsp3) is 0.115. The Morgan fingerprint density at radius 2 is 1.82 bits per heavy atom. The van der Waals surface area contributed by atoms with E-state index in [0.717, 1.165) is 5.56 Å². The minimum atomic E-state index is -1.16. The molecule has 3 aromatic rings. The van der Waals surface area contributed by atoms with E-state index >= 15 is 0 Å². The standard InChI is InChI=1S/C26H18ClNO6/c1-12-20(26(32)33-2)21(22-23(28-12)14-5-3-4-6-15(14)24(22)29)19-10-9-18(34-19)13-7-8-17(27)16(11-13)25(30)31/h3-11,21,28H,1-2H3,(H,30,31). The highest BCUT2D eigenvalue weighted by atomic mass is 35.5. The number of carbonyl (C=O) groups excluding carboxylic acids is 2. The summed E-state index contributed by atoms with van der Waals surface area (Å²) in [4.78, 5) is 37.7. The first-order valence-electron chi connectivity index (χ1n) is 10.4. The second-order valence-electron chi connectivity index (χ2n) is 7.95. The van der Waals surface area contributed by atoms with Gasteiger partial charge in [-0.2, -0.15) is 0 Å². The molecule has 0 bridgehead atoms. The van der Waals surface area contributed by atoms with Gasteiger partial charge in [0, 0.05) is 28.0 Å². The smallest absolute Gasteiger partial charge is 0.337 e. The van der Waals surface area contributed by atoms with Crippen LogP contribution < -0.4 is 5.32 Å². The van der Waals surface area contributed by atoms with Gasteiger partial charge in [0.1, 0.15) is 11.5 Å². The SMILES string of the molecule is COC(=O)C1=C(C)NC2=C(C(=O)c3ccccc32)C1c1ccc(-c2ccc(Cl)c(C(=O)O)c2)o1. The summed E-state index contributed by atoms with van der Waals surface area (Å²) < 4.78 is 11.1. The molecule has 2 heterocycles. The van der Waals surface area contributed by atoms with Gasteiger partial charge >= 0.3 is 11.9 Å². The zero-order valence-corrected chi connectivity index (χ0v) is 18.9. The van der Waals surface area contributed by atoms with Crippen molar-refractivity contribution in [2.75, 3.05) is 7.11 Å². The van der Waals surface area contributed by atoms with Gasteiger partial charge < -0.3 is 19.6 Å². The summed E-state index contributed by atoms with van der Waals surface area (Å²) in [5.74, 6) is -2.01. The van der Waals surface area contributed by atoms with Crippen LogP contribution in [-0.4, -0.2) is 29.9 Å². The number of furan rings is 1. The van der Waals surface area contributed by atoms with E-state index in [0.29, 0.717) is 39.6 Å². The topological polar surface area (TPSA) is 106 Å². The van der Waals surface area contributed by atoms with Gasteiger partial charge in [0.15, 0.2) is 5.78 Å². The molecule has 1 aliphatic heterocycles. The summed E-state index contributed by atoms with van der Waals surface area (Å²) in [5, 5.41) is 12.7. The molecule has 5 rings (SSSR count). The Balaban J connectivity index is 1.66. The molecule has 7 nitrogen and oxygen atoms in total. The summed E-state index contributed by atoms with van der Waals surface area (Å²) in [6, 6.07) is 15.1. The Labute approximate surface area is 199 Å². The second kappa shape index (κ2) is 8.04. The first-order chi connectivity index (χ1) is 16.3. The van der Waals surface area contributed by atoms with Crippen LogP contribution in [0.1, 0.15) is 44.9 Å². The lowest BCUT2D eigenvalue weighted by Crippen LogP contribution is -2.28. The minimum Gasteiger partial charge on any atom is -0.478 e. The molecule has 0 saturated heterocycles. The maximum atomic E-state index is 13.4. The van der Waals surface area contributed by atoms with Crippen LogP contribution in [0.4, 0.5) is 0 Å². The lowest BCUT2D eigenvalue weighted by Gasteiger charge is -2.27. The van der Waals surface area contributed by atoms with Crippen molar-refractivity contribution >= 4 is 35.0 Å². The molecule has 1 unspecified atom stereocenters. The van der Waals surface area contributed by atoms with Crippen LogP contribution in [0, 0.1) is 0 Å². The van der Waals surface area contributed by atoms with Crippen molar-refractivity contribution in [1.29, 1.82) is 0 Å². The molecule has 0 spiro atoms. The third-order valence-electron chi connectivity index (χ3n) is 6.05. The second-order valence-corrected chi connectivity index (χ2v) is 8.36. The fourth-order valence-electron chi connectivity index (χ4n) is 4.50. The number of benzene rings is 2. The number of fused-ring (bicyclic) bond motifs is 2. The van der Waals surface area contributed by atoms with E-state index in [1.54, 1.807) is 37.3 Å². The number of ketones is 1. The Hall–Kier alpha value is -4.10. The number of carboxylic acids is 1. The summed E-state index contributed by atoms with van der Waals surface area (Å²) in [5.41, 5.74) is 3.59. The molecule has 0 fully saturated rings. The quantitative estimate of drug-likeness (QED) is 0.509. The van der Waals surface area contributed by atoms with Gasteiger partial charge in [0.25, 0.3) is 0 Å². The number of esters is 1. The summed E-state index contributed by atoms with van der Waals surface area (Å²) in [6.45, 7) is 1.75. The van der Waals surface area contributed by atoms with Crippen molar-refractivity contribution in [2.24, 2.45) is 0 Å². The number of Topliss-reactive ketones (excluding diaryl/α,β-unsaturated/α-hetero) is 1. The molecule has 0 radical (unpaired) electrons. The Morgan fingerprint density at radius 3 is 2.53 bits per heavy atom. The molecule has 2 N–H and O–H groups in total. The number of carbonyl (C=O) groups is 3. The van der Waals surface area contributed by atoms with Gasteiger partial charge in [0.2, 0.25) is 0 Å². The third kappa shape index (κ3) is 3.24. The van der Waals surface area contributed by atoms with Crippen LogP contribution in [0.5, 0.6) is 0 Å². The maximum Gasteiger partial charge on any atom is 0.337 e. The van der Waals surface area contributed by atoms with Crippen molar-refractivity contribution in [1.82, 2.24) is 5.32 Å². The van der Waals surface area contributed by atoms with Gasteiger partial charge in [0.05, 0.1) is 34.9 Å². The summed E-state index contributed by atoms with van der Waals surface area (Å²) in [7, 11) is 1.28. The average molecular weight is 476 g/mol. The van der Waals surface area contributed by atoms with Crippen molar-refractivity contribution in [2.45, 2.75) is 12.8 Å². The molecule has 0 saturated carbocycles. The Kier molecular flexibility index (Phi) is 5.14. The number of ether oxygens (including phenoxy) is 1. The minimum absolute atomic E-state index is 0.0589. The van der Waals surface area contributed by atoms with Gasteiger partial charge in [-0.15, -0.1) is 0 Å². The highest BCUT2D eigenvalue weighted by molar-refractivity contribution is 6.33. The molecule has 1 aromatic heterocycles. The van der Waals surface area contributed by atoms with E-state index in [-0.39, 0.29) is 21.9 Å².